The molecular weight excluding hydrogens is 288 g/mol. The highest BCUT2D eigenvalue weighted by Crippen LogP contribution is 2.23. The van der Waals surface area contributed by atoms with Gasteiger partial charge in [-0.25, -0.2) is 12.7 Å². The maximum Gasteiger partial charge on any atom is 0.242 e. The number of rotatable bonds is 4. The molecule has 1 N–H and O–H groups in total. The van der Waals surface area contributed by atoms with Crippen molar-refractivity contribution in [1.29, 1.82) is 0 Å². The normalized spacial score (nSPS) is 26.8. The second-order valence-corrected chi connectivity index (χ2v) is 8.03. The Bertz CT molecular complexity index is 559. The third-order valence-corrected chi connectivity index (χ3v) is 5.53. The maximum absolute atomic E-state index is 12.0. The Labute approximate surface area is 127 Å². The fourth-order valence-electron chi connectivity index (χ4n) is 2.69. The Morgan fingerprint density at radius 3 is 2.10 bits per heavy atom. The number of nitrogens with zero attached hydrogens (tertiary/aromatic N) is 1. The molecule has 1 aromatic carbocycles. The predicted octanol–water partition coefficient (Wildman–Crippen LogP) is 2.30. The van der Waals surface area contributed by atoms with E-state index < -0.39 is 10.0 Å². The van der Waals surface area contributed by atoms with E-state index in [1.807, 2.05) is 12.1 Å². The quantitative estimate of drug-likeness (QED) is 0.927. The summed E-state index contributed by atoms with van der Waals surface area (Å²) >= 11 is 0. The van der Waals surface area contributed by atoms with Crippen molar-refractivity contribution in [1.82, 2.24) is 4.31 Å². The minimum absolute atomic E-state index is 0.250. The van der Waals surface area contributed by atoms with Gasteiger partial charge in [0, 0.05) is 25.8 Å². The number of nitrogens with one attached hydrogen (secondary N) is 1. The number of anilines is 1. The van der Waals surface area contributed by atoms with Crippen LogP contribution in [-0.2, 0) is 14.8 Å². The largest absolute Gasteiger partial charge is 0.382 e. The van der Waals surface area contributed by atoms with Gasteiger partial charge in [-0.15, -0.1) is 0 Å². The molecule has 0 aliphatic carbocycles. The molecule has 0 bridgehead atoms. The third-order valence-electron chi connectivity index (χ3n) is 3.70. The Balaban J connectivity index is 2.06. The average Bonchev–Trinajstić information content (AvgIpc) is 2.37. The van der Waals surface area contributed by atoms with Crippen molar-refractivity contribution in [2.24, 2.45) is 0 Å². The van der Waals surface area contributed by atoms with E-state index in [1.165, 1.54) is 18.4 Å². The summed E-state index contributed by atoms with van der Waals surface area (Å²) in [7, 11) is -0.291. The summed E-state index contributed by atoms with van der Waals surface area (Å²) < 4.78 is 31.0. The SMILES string of the molecule is CC1CC(Nc2ccc(S(=O)(=O)N(C)C)cc2)CC(C)O1. The van der Waals surface area contributed by atoms with E-state index in [9.17, 15) is 8.42 Å². The Hall–Kier alpha value is -1.11. The first-order valence-corrected chi connectivity index (χ1v) is 8.67. The summed E-state index contributed by atoms with van der Waals surface area (Å²) in [6, 6.07) is 7.29. The monoisotopic (exact) mass is 312 g/mol. The zero-order valence-electron chi connectivity index (χ0n) is 13.0. The molecule has 2 rings (SSSR count). The molecule has 0 radical (unpaired) electrons. The molecule has 1 aliphatic heterocycles. The van der Waals surface area contributed by atoms with Crippen LogP contribution >= 0.6 is 0 Å². The van der Waals surface area contributed by atoms with Gasteiger partial charge in [0.25, 0.3) is 0 Å². The van der Waals surface area contributed by atoms with E-state index in [-0.39, 0.29) is 12.2 Å². The molecule has 0 saturated carbocycles. The molecule has 2 unspecified atom stereocenters. The Kier molecular flexibility index (Phi) is 4.91. The van der Waals surface area contributed by atoms with Crippen molar-refractivity contribution >= 4 is 15.7 Å². The van der Waals surface area contributed by atoms with Crippen molar-refractivity contribution in [3.8, 4) is 0 Å². The summed E-state index contributed by atoms with van der Waals surface area (Å²) in [4.78, 5) is 0.312. The van der Waals surface area contributed by atoms with Crippen LogP contribution in [0.25, 0.3) is 0 Å². The van der Waals surface area contributed by atoms with E-state index in [2.05, 4.69) is 19.2 Å². The van der Waals surface area contributed by atoms with Gasteiger partial charge in [0.2, 0.25) is 10.0 Å². The molecule has 1 aliphatic rings. The second kappa shape index (κ2) is 6.34. The smallest absolute Gasteiger partial charge is 0.242 e. The fraction of sp³-hybridized carbons (Fsp3) is 0.600. The van der Waals surface area contributed by atoms with Gasteiger partial charge in [0.15, 0.2) is 0 Å². The lowest BCUT2D eigenvalue weighted by atomic mass is 9.99. The molecule has 6 heteroatoms. The van der Waals surface area contributed by atoms with Gasteiger partial charge >= 0.3 is 0 Å². The van der Waals surface area contributed by atoms with E-state index in [1.54, 1.807) is 12.1 Å². The van der Waals surface area contributed by atoms with Crippen LogP contribution in [0.4, 0.5) is 5.69 Å². The van der Waals surface area contributed by atoms with E-state index in [4.69, 9.17) is 4.74 Å². The minimum Gasteiger partial charge on any atom is -0.382 e. The number of sulfonamides is 1. The molecule has 1 aromatic rings. The topological polar surface area (TPSA) is 58.6 Å². The van der Waals surface area contributed by atoms with E-state index in [0.717, 1.165) is 18.5 Å². The number of ether oxygens (including phenoxy) is 1. The van der Waals surface area contributed by atoms with E-state index >= 15 is 0 Å². The Morgan fingerprint density at radius 1 is 1.10 bits per heavy atom. The Morgan fingerprint density at radius 2 is 1.62 bits per heavy atom. The molecule has 1 heterocycles. The van der Waals surface area contributed by atoms with Crippen LogP contribution in [-0.4, -0.2) is 45.1 Å². The van der Waals surface area contributed by atoms with Crippen LogP contribution in [0.2, 0.25) is 0 Å². The average molecular weight is 312 g/mol. The molecule has 1 saturated heterocycles. The van der Waals surface area contributed by atoms with Gasteiger partial charge < -0.3 is 10.1 Å². The maximum atomic E-state index is 12.0. The van der Waals surface area contributed by atoms with Crippen LogP contribution in [0.5, 0.6) is 0 Å². The highest BCUT2D eigenvalue weighted by molar-refractivity contribution is 7.89. The zero-order valence-corrected chi connectivity index (χ0v) is 13.9. The van der Waals surface area contributed by atoms with Crippen molar-refractivity contribution in [2.75, 3.05) is 19.4 Å². The standard InChI is InChI=1S/C15H24N2O3S/c1-11-9-14(10-12(2)20-11)16-13-5-7-15(8-6-13)21(18,19)17(3)4/h5-8,11-12,14,16H,9-10H2,1-4H3. The first-order chi connectivity index (χ1) is 9.79. The van der Waals surface area contributed by atoms with Crippen LogP contribution < -0.4 is 5.32 Å². The van der Waals surface area contributed by atoms with Gasteiger partial charge in [-0.2, -0.15) is 0 Å². The van der Waals surface area contributed by atoms with Crippen LogP contribution in [0.15, 0.2) is 29.2 Å². The first kappa shape index (κ1) is 16.3. The lowest BCUT2D eigenvalue weighted by molar-refractivity contribution is -0.0337. The van der Waals surface area contributed by atoms with Gasteiger partial charge in [0.05, 0.1) is 17.1 Å². The van der Waals surface area contributed by atoms with Crippen molar-refractivity contribution in [2.45, 2.75) is 49.8 Å². The number of hydrogen-bond acceptors (Lipinski definition) is 4. The predicted molar refractivity (Wildman–Crippen MR) is 84.0 cm³/mol. The van der Waals surface area contributed by atoms with Crippen molar-refractivity contribution in [3.63, 3.8) is 0 Å². The lowest BCUT2D eigenvalue weighted by Gasteiger charge is -2.33. The highest BCUT2D eigenvalue weighted by Gasteiger charge is 2.24. The van der Waals surface area contributed by atoms with Crippen molar-refractivity contribution in [3.05, 3.63) is 24.3 Å². The third kappa shape index (κ3) is 3.96. The lowest BCUT2D eigenvalue weighted by Crippen LogP contribution is -2.36. The zero-order chi connectivity index (χ0) is 15.6. The molecule has 118 valence electrons. The number of hydrogen-bond donors (Lipinski definition) is 1. The van der Waals surface area contributed by atoms with Gasteiger partial charge in [-0.1, -0.05) is 0 Å². The van der Waals surface area contributed by atoms with Crippen molar-refractivity contribution < 1.29 is 13.2 Å². The molecule has 21 heavy (non-hydrogen) atoms. The summed E-state index contributed by atoms with van der Waals surface area (Å²) in [5, 5.41) is 3.46. The molecule has 0 aromatic heterocycles. The van der Waals surface area contributed by atoms with E-state index in [0.29, 0.717) is 10.9 Å². The first-order valence-electron chi connectivity index (χ1n) is 7.23. The molecule has 5 nitrogen and oxygen atoms in total. The second-order valence-electron chi connectivity index (χ2n) is 5.88. The van der Waals surface area contributed by atoms with Gasteiger partial charge in [-0.05, 0) is 51.0 Å². The molecule has 2 atom stereocenters. The van der Waals surface area contributed by atoms with Crippen LogP contribution in [0, 0.1) is 0 Å². The summed E-state index contributed by atoms with van der Waals surface area (Å²) in [5.41, 5.74) is 0.944. The van der Waals surface area contributed by atoms with Crippen LogP contribution in [0.3, 0.4) is 0 Å². The summed E-state index contributed by atoms with van der Waals surface area (Å²) in [6.07, 6.45) is 2.42. The van der Waals surface area contributed by atoms with Gasteiger partial charge in [0.1, 0.15) is 0 Å². The molecule has 0 amide bonds. The molecular formula is C15H24N2O3S. The summed E-state index contributed by atoms with van der Waals surface area (Å²) in [5.74, 6) is 0. The van der Waals surface area contributed by atoms with Crippen LogP contribution in [0.1, 0.15) is 26.7 Å². The minimum atomic E-state index is -3.36. The summed E-state index contributed by atoms with van der Waals surface area (Å²) in [6.45, 7) is 4.16. The fourth-order valence-corrected chi connectivity index (χ4v) is 3.59. The highest BCUT2D eigenvalue weighted by atomic mass is 32.2. The van der Waals surface area contributed by atoms with Gasteiger partial charge in [-0.3, -0.25) is 0 Å². The number of benzene rings is 1. The molecule has 1 fully saturated rings. The molecule has 0 spiro atoms.